The average molecular weight is 235 g/mol. The van der Waals surface area contributed by atoms with Gasteiger partial charge >= 0.3 is 0 Å². The number of hydrogen-bond donors (Lipinski definition) is 3. The number of piperidine rings is 1. The predicted molar refractivity (Wildman–Crippen MR) is 64.7 cm³/mol. The van der Waals surface area contributed by atoms with Gasteiger partial charge in [-0.3, -0.25) is 4.79 Å². The maximum absolute atomic E-state index is 10.9. The van der Waals surface area contributed by atoms with E-state index < -0.39 is 5.91 Å². The first kappa shape index (κ1) is 11.8. The molecule has 1 aromatic heterocycles. The number of hydrogen-bond acceptors (Lipinski definition) is 5. The second-order valence-corrected chi connectivity index (χ2v) is 4.60. The number of nitrogens with zero attached hydrogens (tertiary/aromatic N) is 2. The fraction of sp³-hybridized carbons (Fsp3) is 0.545. The van der Waals surface area contributed by atoms with E-state index in [9.17, 15) is 4.79 Å². The molecule has 0 spiro atoms. The van der Waals surface area contributed by atoms with Crippen molar-refractivity contribution in [3.63, 3.8) is 0 Å². The van der Waals surface area contributed by atoms with Crippen molar-refractivity contribution in [2.24, 2.45) is 5.73 Å². The van der Waals surface area contributed by atoms with Crippen LogP contribution in [-0.4, -0.2) is 34.7 Å². The van der Waals surface area contributed by atoms with Crippen molar-refractivity contribution in [3.05, 3.63) is 17.8 Å². The summed E-state index contributed by atoms with van der Waals surface area (Å²) in [4.78, 5) is 10.9. The highest BCUT2D eigenvalue weighted by molar-refractivity contribution is 5.90. The molecular formula is C11H17N5O. The third kappa shape index (κ3) is 2.91. The minimum atomic E-state index is -0.558. The zero-order valence-corrected chi connectivity index (χ0v) is 9.86. The van der Waals surface area contributed by atoms with E-state index in [2.05, 4.69) is 27.8 Å². The van der Waals surface area contributed by atoms with Crippen LogP contribution in [0.3, 0.4) is 0 Å². The molecule has 92 valence electrons. The molecule has 1 aliphatic heterocycles. The van der Waals surface area contributed by atoms with Crippen LogP contribution >= 0.6 is 0 Å². The Morgan fingerprint density at radius 1 is 1.41 bits per heavy atom. The van der Waals surface area contributed by atoms with Gasteiger partial charge in [0, 0.05) is 5.54 Å². The van der Waals surface area contributed by atoms with E-state index in [1.54, 1.807) is 12.1 Å². The molecular weight excluding hydrogens is 218 g/mol. The normalized spacial score (nSPS) is 18.6. The maximum atomic E-state index is 10.9. The smallest absolute Gasteiger partial charge is 0.269 e. The van der Waals surface area contributed by atoms with Crippen molar-refractivity contribution < 1.29 is 4.79 Å². The summed E-state index contributed by atoms with van der Waals surface area (Å²) in [7, 11) is 0. The van der Waals surface area contributed by atoms with Crippen molar-refractivity contribution in [2.45, 2.75) is 25.3 Å². The van der Waals surface area contributed by atoms with Crippen LogP contribution in [0.2, 0.25) is 0 Å². The molecule has 6 heteroatoms. The van der Waals surface area contributed by atoms with Crippen molar-refractivity contribution >= 4 is 11.7 Å². The molecule has 2 heterocycles. The Morgan fingerprint density at radius 3 is 2.65 bits per heavy atom. The second kappa shape index (κ2) is 4.67. The highest BCUT2D eigenvalue weighted by Crippen LogP contribution is 2.22. The molecule has 0 saturated carbocycles. The molecule has 1 fully saturated rings. The van der Waals surface area contributed by atoms with Crippen LogP contribution in [0.25, 0.3) is 0 Å². The van der Waals surface area contributed by atoms with Crippen LogP contribution in [0.4, 0.5) is 5.82 Å². The minimum absolute atomic E-state index is 0.0359. The van der Waals surface area contributed by atoms with Crippen molar-refractivity contribution in [3.8, 4) is 0 Å². The molecule has 4 N–H and O–H groups in total. The minimum Gasteiger partial charge on any atom is -0.364 e. The molecule has 1 amide bonds. The number of carbonyl (C=O) groups excluding carboxylic acids is 1. The van der Waals surface area contributed by atoms with Gasteiger partial charge in [0.15, 0.2) is 5.69 Å². The van der Waals surface area contributed by atoms with Gasteiger partial charge in [0.05, 0.1) is 0 Å². The van der Waals surface area contributed by atoms with E-state index in [4.69, 9.17) is 5.73 Å². The van der Waals surface area contributed by atoms with E-state index in [1.807, 2.05) is 0 Å². The lowest BCUT2D eigenvalue weighted by atomic mass is 9.91. The van der Waals surface area contributed by atoms with Gasteiger partial charge in [-0.05, 0) is 45.0 Å². The van der Waals surface area contributed by atoms with Gasteiger partial charge in [-0.1, -0.05) is 0 Å². The molecule has 1 aromatic rings. The molecule has 0 aliphatic carbocycles. The van der Waals surface area contributed by atoms with Crippen molar-refractivity contribution in [1.29, 1.82) is 0 Å². The van der Waals surface area contributed by atoms with E-state index >= 15 is 0 Å². The number of anilines is 1. The number of aromatic nitrogens is 2. The average Bonchev–Trinajstić information content (AvgIpc) is 2.30. The first-order chi connectivity index (χ1) is 8.09. The number of amides is 1. The molecule has 1 saturated heterocycles. The highest BCUT2D eigenvalue weighted by Gasteiger charge is 2.26. The number of rotatable bonds is 3. The Balaban J connectivity index is 2.05. The van der Waals surface area contributed by atoms with Gasteiger partial charge in [-0.15, -0.1) is 10.2 Å². The predicted octanol–water partition coefficient (Wildman–Crippen LogP) is 0.129. The Labute approximate surface area is 100.0 Å². The monoisotopic (exact) mass is 235 g/mol. The van der Waals surface area contributed by atoms with E-state index in [1.165, 1.54) is 0 Å². The van der Waals surface area contributed by atoms with Crippen LogP contribution in [0.15, 0.2) is 12.1 Å². The standard InChI is InChI=1S/C11H17N5O/c1-11(4-6-13-7-5-11)14-9-3-2-8(10(12)17)15-16-9/h2-3,13H,4-7H2,1H3,(H2,12,17)(H,14,16). The van der Waals surface area contributed by atoms with Crippen LogP contribution in [-0.2, 0) is 0 Å². The number of nitrogens with two attached hydrogens (primary N) is 1. The Hall–Kier alpha value is -1.69. The maximum Gasteiger partial charge on any atom is 0.269 e. The van der Waals surface area contributed by atoms with Crippen LogP contribution < -0.4 is 16.4 Å². The lowest BCUT2D eigenvalue weighted by molar-refractivity contribution is 0.0994. The van der Waals surface area contributed by atoms with Gasteiger partial charge in [0.1, 0.15) is 5.82 Å². The summed E-state index contributed by atoms with van der Waals surface area (Å²) >= 11 is 0. The number of nitrogens with one attached hydrogen (secondary N) is 2. The summed E-state index contributed by atoms with van der Waals surface area (Å²) in [6, 6.07) is 3.32. The summed E-state index contributed by atoms with van der Waals surface area (Å²) in [5, 5.41) is 14.4. The van der Waals surface area contributed by atoms with Crippen LogP contribution in [0.5, 0.6) is 0 Å². The second-order valence-electron chi connectivity index (χ2n) is 4.60. The molecule has 0 aromatic carbocycles. The van der Waals surface area contributed by atoms with Gasteiger partial charge in [0.2, 0.25) is 0 Å². The van der Waals surface area contributed by atoms with Crippen molar-refractivity contribution in [1.82, 2.24) is 15.5 Å². The summed E-state index contributed by atoms with van der Waals surface area (Å²) in [6.45, 7) is 4.16. The zero-order chi connectivity index (χ0) is 12.3. The highest BCUT2D eigenvalue weighted by atomic mass is 16.1. The van der Waals surface area contributed by atoms with E-state index in [-0.39, 0.29) is 11.2 Å². The molecule has 6 nitrogen and oxygen atoms in total. The fourth-order valence-electron chi connectivity index (χ4n) is 1.94. The molecule has 2 rings (SSSR count). The number of primary amides is 1. The quantitative estimate of drug-likeness (QED) is 0.692. The Morgan fingerprint density at radius 2 is 2.12 bits per heavy atom. The van der Waals surface area contributed by atoms with Crippen LogP contribution in [0.1, 0.15) is 30.3 Å². The van der Waals surface area contributed by atoms with E-state index in [0.29, 0.717) is 5.82 Å². The molecule has 0 bridgehead atoms. The molecule has 0 radical (unpaired) electrons. The molecule has 0 unspecified atom stereocenters. The van der Waals surface area contributed by atoms with Gasteiger partial charge in [-0.2, -0.15) is 0 Å². The van der Waals surface area contributed by atoms with E-state index in [0.717, 1.165) is 25.9 Å². The third-order valence-electron chi connectivity index (χ3n) is 3.05. The Kier molecular flexibility index (Phi) is 3.23. The zero-order valence-electron chi connectivity index (χ0n) is 9.86. The lowest BCUT2D eigenvalue weighted by Gasteiger charge is -2.35. The first-order valence-corrected chi connectivity index (χ1v) is 5.71. The Bertz CT molecular complexity index is 397. The lowest BCUT2D eigenvalue weighted by Crippen LogP contribution is -2.45. The SMILES string of the molecule is CC1(Nc2ccc(C(N)=O)nn2)CCNCC1. The summed E-state index contributed by atoms with van der Waals surface area (Å²) in [5.74, 6) is 0.122. The molecule has 17 heavy (non-hydrogen) atoms. The summed E-state index contributed by atoms with van der Waals surface area (Å²) in [5.41, 5.74) is 5.33. The third-order valence-corrected chi connectivity index (χ3v) is 3.05. The summed E-state index contributed by atoms with van der Waals surface area (Å²) in [6.07, 6.45) is 2.07. The topological polar surface area (TPSA) is 92.9 Å². The first-order valence-electron chi connectivity index (χ1n) is 5.71. The van der Waals surface area contributed by atoms with Gasteiger partial charge in [-0.25, -0.2) is 0 Å². The van der Waals surface area contributed by atoms with Crippen LogP contribution in [0, 0.1) is 0 Å². The largest absolute Gasteiger partial charge is 0.364 e. The molecule has 0 atom stereocenters. The number of carbonyl (C=O) groups is 1. The summed E-state index contributed by atoms with van der Waals surface area (Å²) < 4.78 is 0. The fourth-order valence-corrected chi connectivity index (χ4v) is 1.94. The van der Waals surface area contributed by atoms with Crippen molar-refractivity contribution in [2.75, 3.05) is 18.4 Å². The molecule has 1 aliphatic rings. The van der Waals surface area contributed by atoms with Gasteiger partial charge < -0.3 is 16.4 Å². The van der Waals surface area contributed by atoms with Gasteiger partial charge in [0.25, 0.3) is 5.91 Å².